The molecule has 0 aromatic heterocycles. The second-order valence-corrected chi connectivity index (χ2v) is 9.06. The molecule has 1 aliphatic heterocycles. The summed E-state index contributed by atoms with van der Waals surface area (Å²) in [5, 5.41) is 0. The van der Waals surface area contributed by atoms with Gasteiger partial charge in [0.05, 0.1) is 23.5 Å². The van der Waals surface area contributed by atoms with Crippen molar-refractivity contribution in [1.29, 1.82) is 0 Å². The van der Waals surface area contributed by atoms with E-state index < -0.39 is 25.9 Å². The number of ether oxygens (including phenoxy) is 1. The molecular formula is C13H19NO5S2. The van der Waals surface area contributed by atoms with Crippen molar-refractivity contribution in [2.24, 2.45) is 0 Å². The number of rotatable bonds is 5. The lowest BCUT2D eigenvalue weighted by Crippen LogP contribution is -2.40. The Morgan fingerprint density at radius 3 is 2.33 bits per heavy atom. The molecule has 1 unspecified atom stereocenters. The van der Waals surface area contributed by atoms with Gasteiger partial charge in [-0.3, -0.25) is 0 Å². The molecular weight excluding hydrogens is 314 g/mol. The Hall–Kier alpha value is -1.12. The first-order valence-corrected chi connectivity index (χ1v) is 9.92. The standard InChI is InChI=1S/C13H19NO5S2/c1-3-14(11-8-9-20(15,16)10-11)21(17,18)13-6-4-12(19-2)5-7-13/h4-7,11H,3,8-10H2,1-2H3. The van der Waals surface area contributed by atoms with Gasteiger partial charge in [-0.15, -0.1) is 0 Å². The van der Waals surface area contributed by atoms with Gasteiger partial charge in [0.2, 0.25) is 10.0 Å². The maximum absolute atomic E-state index is 12.7. The van der Waals surface area contributed by atoms with E-state index in [2.05, 4.69) is 0 Å². The van der Waals surface area contributed by atoms with Crippen molar-refractivity contribution in [2.45, 2.75) is 24.3 Å². The van der Waals surface area contributed by atoms with Gasteiger partial charge in [-0.25, -0.2) is 16.8 Å². The van der Waals surface area contributed by atoms with Gasteiger partial charge in [0.15, 0.2) is 9.84 Å². The SMILES string of the molecule is CCN(C1CCS(=O)(=O)C1)S(=O)(=O)c1ccc(OC)cc1. The molecule has 0 saturated carbocycles. The summed E-state index contributed by atoms with van der Waals surface area (Å²) in [4.78, 5) is 0.148. The molecule has 0 N–H and O–H groups in total. The van der Waals surface area contributed by atoms with Crippen LogP contribution in [0.25, 0.3) is 0 Å². The Labute approximate surface area is 125 Å². The first-order chi connectivity index (χ1) is 9.80. The van der Waals surface area contributed by atoms with Crippen LogP contribution in [0, 0.1) is 0 Å². The second kappa shape index (κ2) is 5.94. The average molecular weight is 333 g/mol. The number of hydrogen-bond acceptors (Lipinski definition) is 5. The molecule has 0 radical (unpaired) electrons. The number of nitrogens with zero attached hydrogens (tertiary/aromatic N) is 1. The summed E-state index contributed by atoms with van der Waals surface area (Å²) in [7, 11) is -5.32. The van der Waals surface area contributed by atoms with Gasteiger partial charge in [0.25, 0.3) is 0 Å². The highest BCUT2D eigenvalue weighted by Crippen LogP contribution is 2.25. The Balaban J connectivity index is 2.31. The topological polar surface area (TPSA) is 80.8 Å². The van der Waals surface area contributed by atoms with Crippen LogP contribution in [0.4, 0.5) is 0 Å². The van der Waals surface area contributed by atoms with Gasteiger partial charge in [-0.05, 0) is 30.7 Å². The molecule has 0 amide bonds. The van der Waals surface area contributed by atoms with E-state index in [9.17, 15) is 16.8 Å². The fraction of sp³-hybridized carbons (Fsp3) is 0.538. The van der Waals surface area contributed by atoms with Crippen molar-refractivity contribution in [3.05, 3.63) is 24.3 Å². The smallest absolute Gasteiger partial charge is 0.243 e. The van der Waals surface area contributed by atoms with Crippen LogP contribution in [0.1, 0.15) is 13.3 Å². The Morgan fingerprint density at radius 1 is 1.29 bits per heavy atom. The minimum Gasteiger partial charge on any atom is -0.497 e. The number of methoxy groups -OCH3 is 1. The van der Waals surface area contributed by atoms with Crippen molar-refractivity contribution < 1.29 is 21.6 Å². The lowest BCUT2D eigenvalue weighted by molar-refractivity contribution is 0.354. The summed E-state index contributed by atoms with van der Waals surface area (Å²) in [5.41, 5.74) is 0. The first kappa shape index (κ1) is 16.3. The second-order valence-electron chi connectivity index (χ2n) is 4.94. The lowest BCUT2D eigenvalue weighted by atomic mass is 10.3. The van der Waals surface area contributed by atoms with Crippen molar-refractivity contribution in [2.75, 3.05) is 25.2 Å². The summed E-state index contributed by atoms with van der Waals surface area (Å²) in [6, 6.07) is 5.62. The van der Waals surface area contributed by atoms with Gasteiger partial charge in [-0.2, -0.15) is 4.31 Å². The highest BCUT2D eigenvalue weighted by atomic mass is 32.2. The fourth-order valence-electron chi connectivity index (χ4n) is 2.51. The van der Waals surface area contributed by atoms with Crippen molar-refractivity contribution in [3.8, 4) is 5.75 Å². The Morgan fingerprint density at radius 2 is 1.90 bits per heavy atom. The van der Waals surface area contributed by atoms with Crippen LogP contribution < -0.4 is 4.74 Å². The van der Waals surface area contributed by atoms with Crippen molar-refractivity contribution in [1.82, 2.24) is 4.31 Å². The third kappa shape index (κ3) is 3.38. The molecule has 0 spiro atoms. The van der Waals surface area contributed by atoms with E-state index in [1.165, 1.54) is 23.5 Å². The summed E-state index contributed by atoms with van der Waals surface area (Å²) < 4.78 is 54.7. The lowest BCUT2D eigenvalue weighted by Gasteiger charge is -2.26. The van der Waals surface area contributed by atoms with E-state index in [1.807, 2.05) is 0 Å². The minimum absolute atomic E-state index is 0.0479. The van der Waals surface area contributed by atoms with Crippen molar-refractivity contribution >= 4 is 19.9 Å². The van der Waals surface area contributed by atoms with Gasteiger partial charge in [0, 0.05) is 12.6 Å². The van der Waals surface area contributed by atoms with Crippen LogP contribution in [0.5, 0.6) is 5.75 Å². The van der Waals surface area contributed by atoms with Gasteiger partial charge < -0.3 is 4.74 Å². The zero-order valence-electron chi connectivity index (χ0n) is 12.0. The van der Waals surface area contributed by atoms with Crippen LogP contribution in [-0.4, -0.2) is 52.3 Å². The minimum atomic E-state index is -3.70. The molecule has 118 valence electrons. The fourth-order valence-corrected chi connectivity index (χ4v) is 6.00. The quantitative estimate of drug-likeness (QED) is 0.799. The first-order valence-electron chi connectivity index (χ1n) is 6.66. The molecule has 0 aliphatic carbocycles. The highest BCUT2D eigenvalue weighted by molar-refractivity contribution is 7.92. The third-order valence-corrected chi connectivity index (χ3v) is 7.39. The molecule has 1 heterocycles. The number of benzene rings is 1. The van der Waals surface area contributed by atoms with Crippen LogP contribution in [-0.2, 0) is 19.9 Å². The molecule has 6 nitrogen and oxygen atoms in total. The van der Waals surface area contributed by atoms with E-state index in [-0.39, 0.29) is 22.9 Å². The molecule has 1 atom stereocenters. The summed E-state index contributed by atoms with van der Waals surface area (Å²) >= 11 is 0. The average Bonchev–Trinajstić information content (AvgIpc) is 2.79. The predicted octanol–water partition coefficient (Wildman–Crippen LogP) is 0.893. The summed E-state index contributed by atoms with van der Waals surface area (Å²) in [6.45, 7) is 1.96. The van der Waals surface area contributed by atoms with Crippen LogP contribution in [0.2, 0.25) is 0 Å². The normalized spacial score (nSPS) is 21.6. The molecule has 8 heteroatoms. The molecule has 1 saturated heterocycles. The Bertz CT molecular complexity index is 695. The van der Waals surface area contributed by atoms with E-state index in [0.717, 1.165) is 0 Å². The van der Waals surface area contributed by atoms with E-state index in [0.29, 0.717) is 12.2 Å². The predicted molar refractivity (Wildman–Crippen MR) is 79.6 cm³/mol. The molecule has 1 aromatic rings. The Kier molecular flexibility index (Phi) is 4.60. The number of sulfonamides is 1. The van der Waals surface area contributed by atoms with Gasteiger partial charge in [-0.1, -0.05) is 6.92 Å². The van der Waals surface area contributed by atoms with Crippen LogP contribution in [0.15, 0.2) is 29.2 Å². The molecule has 0 bridgehead atoms. The maximum atomic E-state index is 12.7. The van der Waals surface area contributed by atoms with Crippen LogP contribution in [0.3, 0.4) is 0 Å². The largest absolute Gasteiger partial charge is 0.497 e. The zero-order chi connectivity index (χ0) is 15.7. The van der Waals surface area contributed by atoms with Gasteiger partial charge >= 0.3 is 0 Å². The van der Waals surface area contributed by atoms with Gasteiger partial charge in [0.1, 0.15) is 5.75 Å². The van der Waals surface area contributed by atoms with E-state index in [4.69, 9.17) is 4.74 Å². The molecule has 1 fully saturated rings. The van der Waals surface area contributed by atoms with E-state index in [1.54, 1.807) is 19.1 Å². The molecule has 21 heavy (non-hydrogen) atoms. The number of hydrogen-bond donors (Lipinski definition) is 0. The maximum Gasteiger partial charge on any atom is 0.243 e. The third-order valence-electron chi connectivity index (χ3n) is 3.59. The van der Waals surface area contributed by atoms with E-state index >= 15 is 0 Å². The molecule has 2 rings (SSSR count). The highest BCUT2D eigenvalue weighted by Gasteiger charge is 2.37. The zero-order valence-corrected chi connectivity index (χ0v) is 13.7. The van der Waals surface area contributed by atoms with Crippen molar-refractivity contribution in [3.63, 3.8) is 0 Å². The summed E-state index contributed by atoms with van der Waals surface area (Å²) in [6.07, 6.45) is 0.353. The monoisotopic (exact) mass is 333 g/mol. The van der Waals surface area contributed by atoms with Crippen LogP contribution >= 0.6 is 0 Å². The molecule has 1 aromatic carbocycles. The molecule has 1 aliphatic rings. The summed E-state index contributed by atoms with van der Waals surface area (Å²) in [5.74, 6) is 0.517. The number of sulfone groups is 1.